The molecule has 1 aromatic rings. The van der Waals surface area contributed by atoms with Crippen LogP contribution in [0.5, 0.6) is 11.5 Å². The Hall–Kier alpha value is -3.34. The summed E-state index contributed by atoms with van der Waals surface area (Å²) in [5.41, 5.74) is 6.41. The van der Waals surface area contributed by atoms with E-state index >= 15 is 0 Å². The van der Waals surface area contributed by atoms with E-state index in [1.807, 2.05) is 41.5 Å². The second kappa shape index (κ2) is 18.2. The Labute approximate surface area is 243 Å². The highest BCUT2D eigenvalue weighted by atomic mass is 16.7. The third-order valence-electron chi connectivity index (χ3n) is 6.18. The van der Waals surface area contributed by atoms with Crippen molar-refractivity contribution < 1.29 is 48.0 Å². The van der Waals surface area contributed by atoms with Crippen molar-refractivity contribution in [2.75, 3.05) is 13.2 Å². The highest BCUT2D eigenvalue weighted by molar-refractivity contribution is 5.75. The molecule has 11 nitrogen and oxygen atoms in total. The van der Waals surface area contributed by atoms with E-state index < -0.39 is 36.3 Å². The molecule has 0 radical (unpaired) electrons. The van der Waals surface area contributed by atoms with E-state index in [9.17, 15) is 24.3 Å². The Morgan fingerprint density at radius 3 is 1.78 bits per heavy atom. The average Bonchev–Trinajstić information content (AvgIpc) is 2.86. The summed E-state index contributed by atoms with van der Waals surface area (Å²) in [5, 5.41) is 9.68. The lowest BCUT2D eigenvalue weighted by Crippen LogP contribution is -2.38. The van der Waals surface area contributed by atoms with E-state index in [1.54, 1.807) is 6.92 Å². The number of carboxylic acid groups (broad SMARTS) is 1. The number of hydrogen-bond acceptors (Lipinski definition) is 10. The van der Waals surface area contributed by atoms with E-state index in [-0.39, 0.29) is 43.5 Å². The van der Waals surface area contributed by atoms with Crippen molar-refractivity contribution in [2.24, 2.45) is 23.5 Å². The zero-order valence-corrected chi connectivity index (χ0v) is 25.3. The molecule has 0 saturated carbocycles. The highest BCUT2D eigenvalue weighted by Crippen LogP contribution is 2.35. The zero-order valence-electron chi connectivity index (χ0n) is 25.3. The van der Waals surface area contributed by atoms with Gasteiger partial charge < -0.3 is 34.5 Å². The van der Waals surface area contributed by atoms with Crippen molar-refractivity contribution in [3.8, 4) is 11.5 Å². The number of carboxylic acids is 1. The normalized spacial score (nSPS) is 13.4. The summed E-state index contributed by atoms with van der Waals surface area (Å²) in [7, 11) is 0. The van der Waals surface area contributed by atoms with Gasteiger partial charge in [-0.05, 0) is 68.1 Å². The summed E-state index contributed by atoms with van der Waals surface area (Å²) in [6.07, 6.45) is -0.422. The maximum atomic E-state index is 12.4. The second-order valence-electron chi connectivity index (χ2n) is 11.4. The first-order chi connectivity index (χ1) is 19.2. The van der Waals surface area contributed by atoms with Crippen molar-refractivity contribution in [2.45, 2.75) is 98.6 Å². The first-order valence-corrected chi connectivity index (χ1v) is 14.2. The molecule has 41 heavy (non-hydrogen) atoms. The van der Waals surface area contributed by atoms with E-state index in [0.717, 1.165) is 0 Å². The molecule has 3 atom stereocenters. The van der Waals surface area contributed by atoms with E-state index in [2.05, 4.69) is 0 Å². The van der Waals surface area contributed by atoms with Gasteiger partial charge in [-0.2, -0.15) is 0 Å². The number of carbonyl (C=O) groups is 4. The van der Waals surface area contributed by atoms with Gasteiger partial charge >= 0.3 is 24.2 Å². The van der Waals surface area contributed by atoms with Crippen molar-refractivity contribution in [3.63, 3.8) is 0 Å². The van der Waals surface area contributed by atoms with Crippen molar-refractivity contribution in [3.05, 3.63) is 23.8 Å². The molecule has 0 fully saturated rings. The van der Waals surface area contributed by atoms with Gasteiger partial charge in [0.25, 0.3) is 0 Å². The molecule has 0 bridgehead atoms. The van der Waals surface area contributed by atoms with Crippen molar-refractivity contribution in [1.29, 1.82) is 0 Å². The fraction of sp³-hybridized carbons (Fsp3) is 0.667. The third kappa shape index (κ3) is 14.7. The second-order valence-corrected chi connectivity index (χ2v) is 11.4. The Morgan fingerprint density at radius 1 is 0.780 bits per heavy atom. The summed E-state index contributed by atoms with van der Waals surface area (Å²) in [4.78, 5) is 48.8. The molecule has 0 spiro atoms. The number of esters is 1. The molecule has 3 N–H and O–H groups in total. The lowest BCUT2D eigenvalue weighted by molar-refractivity contribution is -0.149. The van der Waals surface area contributed by atoms with Crippen LogP contribution >= 0.6 is 0 Å². The fourth-order valence-electron chi connectivity index (χ4n) is 3.67. The lowest BCUT2D eigenvalue weighted by Gasteiger charge is -2.25. The van der Waals surface area contributed by atoms with Gasteiger partial charge in [0.05, 0.1) is 19.3 Å². The molecule has 2 unspecified atom stereocenters. The fourth-order valence-corrected chi connectivity index (χ4v) is 3.67. The summed E-state index contributed by atoms with van der Waals surface area (Å²) >= 11 is 0. The number of benzene rings is 1. The minimum absolute atomic E-state index is 0.0800. The molecular formula is C30H47NO10. The molecule has 0 aliphatic heterocycles. The number of hydrogen-bond donors (Lipinski definition) is 2. The smallest absolute Gasteiger partial charge is 0.480 e. The van der Waals surface area contributed by atoms with Crippen LogP contribution in [0.2, 0.25) is 0 Å². The number of ether oxygens (including phenoxy) is 5. The molecule has 232 valence electrons. The molecule has 0 heterocycles. The minimum atomic E-state index is -1.37. The van der Waals surface area contributed by atoms with Gasteiger partial charge in [-0.15, -0.1) is 0 Å². The highest BCUT2D eigenvalue weighted by Gasteiger charge is 2.30. The summed E-state index contributed by atoms with van der Waals surface area (Å²) in [6, 6.07) is 2.86. The van der Waals surface area contributed by atoms with Crippen LogP contribution in [0.4, 0.5) is 9.59 Å². The van der Waals surface area contributed by atoms with Crippen LogP contribution in [-0.2, 0) is 23.8 Å². The predicted molar refractivity (Wildman–Crippen MR) is 152 cm³/mol. The van der Waals surface area contributed by atoms with Crippen LogP contribution in [0.3, 0.4) is 0 Å². The number of aliphatic carboxylic acids is 1. The standard InChI is InChI=1S/C30H47NO10/c1-18(2)8-11-26(32)39-21(7)16-23(27(31)28(33)34)22-9-10-24(40-29(35)37-14-12-19(3)4)25(17-22)41-30(36)38-15-13-20(5)6/h9-10,17-21,23,27H,8,11-16,31H2,1-7H3,(H,33,34)/t21?,23?,27-/m0/s1. The topological polar surface area (TPSA) is 161 Å². The average molecular weight is 582 g/mol. The Morgan fingerprint density at radius 2 is 1.29 bits per heavy atom. The number of carbonyl (C=O) groups excluding carboxylic acids is 3. The van der Waals surface area contributed by atoms with Gasteiger partial charge in [0, 0.05) is 12.3 Å². The predicted octanol–water partition coefficient (Wildman–Crippen LogP) is 6.06. The molecule has 0 saturated heterocycles. The number of nitrogens with two attached hydrogens (primary N) is 1. The molecule has 0 aliphatic carbocycles. The molecule has 0 aromatic heterocycles. The third-order valence-corrected chi connectivity index (χ3v) is 6.18. The maximum absolute atomic E-state index is 12.4. The summed E-state index contributed by atoms with van der Waals surface area (Å²) < 4.78 is 26.4. The minimum Gasteiger partial charge on any atom is -0.480 e. The maximum Gasteiger partial charge on any atom is 0.513 e. The van der Waals surface area contributed by atoms with Gasteiger partial charge in [-0.3, -0.25) is 9.59 Å². The molecule has 11 heteroatoms. The Bertz CT molecular complexity index is 991. The van der Waals surface area contributed by atoms with Gasteiger partial charge in [-0.25, -0.2) is 9.59 Å². The molecule has 1 rings (SSSR count). The zero-order chi connectivity index (χ0) is 31.1. The van der Waals surface area contributed by atoms with Crippen LogP contribution < -0.4 is 15.2 Å². The first kappa shape index (κ1) is 35.7. The van der Waals surface area contributed by atoms with E-state index in [0.29, 0.717) is 42.6 Å². The van der Waals surface area contributed by atoms with Crippen LogP contribution in [0, 0.1) is 17.8 Å². The van der Waals surface area contributed by atoms with Gasteiger partial charge in [0.15, 0.2) is 11.5 Å². The largest absolute Gasteiger partial charge is 0.513 e. The van der Waals surface area contributed by atoms with Gasteiger partial charge in [-0.1, -0.05) is 47.6 Å². The lowest BCUT2D eigenvalue weighted by atomic mass is 9.87. The molecule has 0 amide bonds. The SMILES string of the molecule is CC(C)CCOC(=O)Oc1ccc(C(CC(C)OC(=O)CCC(C)C)[C@H](N)C(=O)O)cc1OC(=O)OCCC(C)C. The van der Waals surface area contributed by atoms with Crippen LogP contribution in [-0.4, -0.2) is 54.7 Å². The van der Waals surface area contributed by atoms with Crippen LogP contribution in [0.1, 0.15) is 92.1 Å². The van der Waals surface area contributed by atoms with Gasteiger partial charge in [0.2, 0.25) is 0 Å². The monoisotopic (exact) mass is 581 g/mol. The molecule has 0 aliphatic rings. The summed E-state index contributed by atoms with van der Waals surface area (Å²) in [5.74, 6) is -1.86. The Kier molecular flexibility index (Phi) is 15.8. The summed E-state index contributed by atoms with van der Waals surface area (Å²) in [6.45, 7) is 13.8. The van der Waals surface area contributed by atoms with Crippen LogP contribution in [0.15, 0.2) is 18.2 Å². The van der Waals surface area contributed by atoms with Crippen LogP contribution in [0.25, 0.3) is 0 Å². The van der Waals surface area contributed by atoms with Crippen molar-refractivity contribution >= 4 is 24.2 Å². The molecular weight excluding hydrogens is 534 g/mol. The van der Waals surface area contributed by atoms with Crippen molar-refractivity contribution in [1.82, 2.24) is 0 Å². The van der Waals surface area contributed by atoms with Gasteiger partial charge in [0.1, 0.15) is 6.04 Å². The first-order valence-electron chi connectivity index (χ1n) is 14.2. The van der Waals surface area contributed by atoms with E-state index in [4.69, 9.17) is 29.4 Å². The Balaban J connectivity index is 3.23. The molecule has 1 aromatic carbocycles. The quantitative estimate of drug-likeness (QED) is 0.125. The van der Waals surface area contributed by atoms with E-state index in [1.165, 1.54) is 18.2 Å². The number of rotatable bonds is 17.